The Balaban J connectivity index is 1.97. The number of fused-ring (bicyclic) bond motifs is 1. The maximum atomic E-state index is 10.6. The van der Waals surface area contributed by atoms with Crippen molar-refractivity contribution < 1.29 is 19.1 Å². The van der Waals surface area contributed by atoms with Gasteiger partial charge in [0.1, 0.15) is 5.60 Å². The molecule has 5 nitrogen and oxygen atoms in total. The first-order valence-electron chi connectivity index (χ1n) is 4.49. The fourth-order valence-corrected chi connectivity index (χ4v) is 1.61. The lowest BCUT2D eigenvalue weighted by atomic mass is 10.3. The predicted molar refractivity (Wildman–Crippen MR) is 46.8 cm³/mol. The minimum absolute atomic E-state index is 0.0831. The van der Waals surface area contributed by atoms with Crippen molar-refractivity contribution >= 4 is 11.9 Å². The molecule has 2 heterocycles. The molecule has 74 valence electrons. The second-order valence-electron chi connectivity index (χ2n) is 3.75. The molecule has 2 aliphatic rings. The molecule has 1 aliphatic carbocycles. The molecule has 2 N–H and O–H groups in total. The summed E-state index contributed by atoms with van der Waals surface area (Å²) in [5.41, 5.74) is -0.0906. The molecule has 5 heteroatoms. The van der Waals surface area contributed by atoms with E-state index in [1.165, 1.54) is 6.07 Å². The average molecular weight is 195 g/mol. The molecule has 1 aromatic rings. The average Bonchev–Trinajstić information content (AvgIpc) is 2.76. The van der Waals surface area contributed by atoms with E-state index in [4.69, 9.17) is 14.3 Å². The van der Waals surface area contributed by atoms with Crippen LogP contribution in [0.3, 0.4) is 0 Å². The third kappa shape index (κ3) is 0.982. The predicted octanol–water partition coefficient (Wildman–Crippen LogP) is 1.31. The van der Waals surface area contributed by atoms with E-state index in [9.17, 15) is 4.79 Å². The first-order valence-corrected chi connectivity index (χ1v) is 4.49. The topological polar surface area (TPSA) is 71.7 Å². The van der Waals surface area contributed by atoms with E-state index in [1.54, 1.807) is 0 Å². The third-order valence-electron chi connectivity index (χ3n) is 2.61. The first-order chi connectivity index (χ1) is 6.69. The largest absolute Gasteiger partial charge is 0.480 e. The van der Waals surface area contributed by atoms with Crippen molar-refractivity contribution in [1.82, 2.24) is 0 Å². The van der Waals surface area contributed by atoms with E-state index in [1.807, 2.05) is 0 Å². The molecule has 0 aromatic carbocycles. The van der Waals surface area contributed by atoms with Gasteiger partial charge in [0.15, 0.2) is 5.75 Å². The van der Waals surface area contributed by atoms with Gasteiger partial charge in [-0.1, -0.05) is 0 Å². The third-order valence-corrected chi connectivity index (χ3v) is 2.61. The monoisotopic (exact) mass is 195 g/mol. The highest BCUT2D eigenvalue weighted by molar-refractivity contribution is 5.86. The van der Waals surface area contributed by atoms with Crippen molar-refractivity contribution in [3.63, 3.8) is 0 Å². The van der Waals surface area contributed by atoms with Gasteiger partial charge in [0.05, 0.1) is 6.54 Å². The molecule has 0 unspecified atom stereocenters. The van der Waals surface area contributed by atoms with Crippen LogP contribution in [0.2, 0.25) is 0 Å². The van der Waals surface area contributed by atoms with Crippen molar-refractivity contribution in [2.75, 3.05) is 11.9 Å². The molecule has 1 aliphatic heterocycles. The Kier molecular flexibility index (Phi) is 1.23. The molecule has 1 saturated carbocycles. The van der Waals surface area contributed by atoms with Crippen LogP contribution in [-0.4, -0.2) is 23.2 Å². The zero-order chi connectivity index (χ0) is 9.76. The normalized spacial score (nSPS) is 20.9. The smallest absolute Gasteiger partial charge is 0.372 e. The summed E-state index contributed by atoms with van der Waals surface area (Å²) in [7, 11) is 0. The van der Waals surface area contributed by atoms with Gasteiger partial charge in [0.2, 0.25) is 11.6 Å². The van der Waals surface area contributed by atoms with Gasteiger partial charge in [-0.15, -0.1) is 0 Å². The van der Waals surface area contributed by atoms with Crippen LogP contribution in [0.25, 0.3) is 0 Å². The number of hydrogen-bond donors (Lipinski definition) is 2. The second-order valence-corrected chi connectivity index (χ2v) is 3.75. The number of carboxylic acids is 1. The summed E-state index contributed by atoms with van der Waals surface area (Å²) in [4.78, 5) is 10.6. The van der Waals surface area contributed by atoms with E-state index >= 15 is 0 Å². The van der Waals surface area contributed by atoms with Crippen molar-refractivity contribution in [2.45, 2.75) is 18.4 Å². The van der Waals surface area contributed by atoms with Crippen LogP contribution in [0.4, 0.5) is 5.88 Å². The van der Waals surface area contributed by atoms with Crippen LogP contribution < -0.4 is 10.1 Å². The summed E-state index contributed by atoms with van der Waals surface area (Å²) in [6, 6.07) is 1.42. The van der Waals surface area contributed by atoms with Crippen molar-refractivity contribution in [1.29, 1.82) is 0 Å². The van der Waals surface area contributed by atoms with Crippen molar-refractivity contribution in [3.05, 3.63) is 11.8 Å². The first kappa shape index (κ1) is 7.73. The summed E-state index contributed by atoms with van der Waals surface area (Å²) in [5.74, 6) is -0.207. The standard InChI is InChI=1S/C9H9NO4/c11-8(12)6-3-5-7(13-6)10-4-9(14-5)1-2-9/h3,10H,1-2,4H2,(H,11,12). The summed E-state index contributed by atoms with van der Waals surface area (Å²) in [6.45, 7) is 0.701. The van der Waals surface area contributed by atoms with E-state index < -0.39 is 5.97 Å². The Bertz CT molecular complexity index is 405. The zero-order valence-corrected chi connectivity index (χ0v) is 7.37. The molecular formula is C9H9NO4. The minimum Gasteiger partial charge on any atom is -0.480 e. The molecule has 14 heavy (non-hydrogen) atoms. The Morgan fingerprint density at radius 2 is 2.36 bits per heavy atom. The Hall–Kier alpha value is -1.65. The van der Waals surface area contributed by atoms with Crippen molar-refractivity contribution in [2.24, 2.45) is 0 Å². The van der Waals surface area contributed by atoms with Crippen LogP contribution in [0.15, 0.2) is 10.5 Å². The molecule has 3 rings (SSSR count). The SMILES string of the molecule is O=C(O)c1cc2c(o1)NCC1(CC1)O2. The number of nitrogens with one attached hydrogen (secondary N) is 1. The molecule has 0 bridgehead atoms. The number of hydrogen-bond acceptors (Lipinski definition) is 4. The molecule has 0 radical (unpaired) electrons. The lowest BCUT2D eigenvalue weighted by Gasteiger charge is -2.23. The lowest BCUT2D eigenvalue weighted by Crippen LogP contribution is -2.31. The Morgan fingerprint density at radius 3 is 3.00 bits per heavy atom. The molecule has 0 atom stereocenters. The van der Waals surface area contributed by atoms with Gasteiger partial charge in [0.25, 0.3) is 0 Å². The maximum Gasteiger partial charge on any atom is 0.372 e. The fourth-order valence-electron chi connectivity index (χ4n) is 1.61. The number of furan rings is 1. The highest BCUT2D eigenvalue weighted by Crippen LogP contribution is 2.46. The van der Waals surface area contributed by atoms with Gasteiger partial charge in [0, 0.05) is 6.07 Å². The summed E-state index contributed by atoms with van der Waals surface area (Å²) >= 11 is 0. The van der Waals surface area contributed by atoms with Crippen LogP contribution in [-0.2, 0) is 0 Å². The van der Waals surface area contributed by atoms with E-state index in [2.05, 4.69) is 5.32 Å². The second kappa shape index (κ2) is 2.23. The van der Waals surface area contributed by atoms with E-state index in [0.717, 1.165) is 12.8 Å². The fraction of sp³-hybridized carbons (Fsp3) is 0.444. The van der Waals surface area contributed by atoms with Crippen LogP contribution in [0.1, 0.15) is 23.4 Å². The highest BCUT2D eigenvalue weighted by Gasteiger charge is 2.48. The molecule has 1 aromatic heterocycles. The van der Waals surface area contributed by atoms with Gasteiger partial charge in [-0.3, -0.25) is 0 Å². The molecule has 1 spiro atoms. The molecule has 0 saturated heterocycles. The minimum atomic E-state index is -1.07. The van der Waals surface area contributed by atoms with Crippen LogP contribution in [0, 0.1) is 0 Å². The summed E-state index contributed by atoms with van der Waals surface area (Å²) in [5, 5.41) is 11.7. The summed E-state index contributed by atoms with van der Waals surface area (Å²) < 4.78 is 10.7. The molecule has 1 fully saturated rings. The number of carboxylic acid groups (broad SMARTS) is 1. The van der Waals surface area contributed by atoms with Gasteiger partial charge in [-0.25, -0.2) is 4.79 Å². The molecule has 0 amide bonds. The Morgan fingerprint density at radius 1 is 1.57 bits per heavy atom. The zero-order valence-electron chi connectivity index (χ0n) is 7.37. The Labute approximate surface area is 79.7 Å². The van der Waals surface area contributed by atoms with E-state index in [-0.39, 0.29) is 11.4 Å². The number of anilines is 1. The maximum absolute atomic E-state index is 10.6. The van der Waals surface area contributed by atoms with E-state index in [0.29, 0.717) is 18.2 Å². The van der Waals surface area contributed by atoms with Gasteiger partial charge in [-0.2, -0.15) is 0 Å². The van der Waals surface area contributed by atoms with Crippen LogP contribution >= 0.6 is 0 Å². The van der Waals surface area contributed by atoms with Crippen LogP contribution in [0.5, 0.6) is 5.75 Å². The number of ether oxygens (including phenoxy) is 1. The number of rotatable bonds is 1. The van der Waals surface area contributed by atoms with Crippen molar-refractivity contribution in [3.8, 4) is 5.75 Å². The number of aromatic carboxylic acids is 1. The molecular weight excluding hydrogens is 186 g/mol. The highest BCUT2D eigenvalue weighted by atomic mass is 16.5. The van der Waals surface area contributed by atoms with Gasteiger partial charge in [-0.05, 0) is 12.8 Å². The number of carbonyl (C=O) groups is 1. The van der Waals surface area contributed by atoms with Gasteiger partial charge < -0.3 is 19.6 Å². The quantitative estimate of drug-likeness (QED) is 0.707. The van der Waals surface area contributed by atoms with Gasteiger partial charge >= 0.3 is 5.97 Å². The lowest BCUT2D eigenvalue weighted by molar-refractivity contribution is 0.0663. The summed E-state index contributed by atoms with van der Waals surface area (Å²) in [6.07, 6.45) is 2.04.